The second-order valence-corrected chi connectivity index (χ2v) is 4.11. The van der Waals surface area contributed by atoms with Crippen molar-refractivity contribution in [3.63, 3.8) is 0 Å². The first-order valence-corrected chi connectivity index (χ1v) is 5.69. The Kier molecular flexibility index (Phi) is 3.94. The van der Waals surface area contributed by atoms with E-state index in [0.717, 1.165) is 12.1 Å². The van der Waals surface area contributed by atoms with Crippen molar-refractivity contribution >= 4 is 0 Å². The molecule has 20 heavy (non-hydrogen) atoms. The second-order valence-electron chi connectivity index (χ2n) is 4.11. The van der Waals surface area contributed by atoms with Crippen LogP contribution in [0.5, 0.6) is 11.5 Å². The number of nitrogens with zero attached hydrogens (tertiary/aromatic N) is 1. The first-order chi connectivity index (χ1) is 9.51. The Morgan fingerprint density at radius 3 is 2.65 bits per heavy atom. The number of nitriles is 1. The average molecular weight is 276 g/mol. The fourth-order valence-electron chi connectivity index (χ4n) is 1.67. The molecule has 0 heterocycles. The molecule has 2 rings (SSSR count). The minimum absolute atomic E-state index is 0.0130. The minimum Gasteiger partial charge on any atom is -0.454 e. The molecule has 5 heteroatoms. The van der Waals surface area contributed by atoms with Crippen molar-refractivity contribution in [2.45, 2.75) is 13.3 Å². The van der Waals surface area contributed by atoms with Crippen LogP contribution in [0.2, 0.25) is 0 Å². The SMILES string of the molecule is Cc1cc[c]c(F)c1Oc1cc(C#N)cc(C(F)F)c1. The maximum atomic E-state index is 13.6. The van der Waals surface area contributed by atoms with Gasteiger partial charge in [0.25, 0.3) is 6.43 Å². The summed E-state index contributed by atoms with van der Waals surface area (Å²) >= 11 is 0. The molecule has 0 bridgehead atoms. The maximum Gasteiger partial charge on any atom is 0.264 e. The van der Waals surface area contributed by atoms with Gasteiger partial charge in [0.1, 0.15) is 5.75 Å². The van der Waals surface area contributed by atoms with Crippen molar-refractivity contribution in [3.8, 4) is 17.6 Å². The van der Waals surface area contributed by atoms with Crippen molar-refractivity contribution < 1.29 is 17.9 Å². The Hall–Kier alpha value is -2.48. The van der Waals surface area contributed by atoms with Gasteiger partial charge in [-0.05, 0) is 30.7 Å². The molecule has 0 unspecified atom stereocenters. The van der Waals surface area contributed by atoms with Crippen molar-refractivity contribution in [1.82, 2.24) is 0 Å². The fourth-order valence-corrected chi connectivity index (χ4v) is 1.67. The highest BCUT2D eigenvalue weighted by molar-refractivity contribution is 5.44. The van der Waals surface area contributed by atoms with E-state index in [0.29, 0.717) is 5.56 Å². The average Bonchev–Trinajstić information content (AvgIpc) is 2.42. The molecule has 0 N–H and O–H groups in total. The first kappa shape index (κ1) is 13.9. The zero-order valence-electron chi connectivity index (χ0n) is 10.5. The third kappa shape index (κ3) is 2.91. The van der Waals surface area contributed by atoms with E-state index in [9.17, 15) is 13.2 Å². The van der Waals surface area contributed by atoms with Crippen LogP contribution in [0.25, 0.3) is 0 Å². The number of benzene rings is 2. The molecule has 0 aliphatic rings. The summed E-state index contributed by atoms with van der Waals surface area (Å²) < 4.78 is 44.3. The van der Waals surface area contributed by atoms with Gasteiger partial charge in [0, 0.05) is 11.6 Å². The van der Waals surface area contributed by atoms with Crippen LogP contribution in [0, 0.1) is 30.1 Å². The lowest BCUT2D eigenvalue weighted by molar-refractivity contribution is 0.151. The molecule has 0 saturated carbocycles. The third-order valence-corrected chi connectivity index (χ3v) is 2.63. The molecule has 2 aromatic rings. The number of rotatable bonds is 3. The monoisotopic (exact) mass is 276 g/mol. The quantitative estimate of drug-likeness (QED) is 0.824. The summed E-state index contributed by atoms with van der Waals surface area (Å²) in [7, 11) is 0. The lowest BCUT2D eigenvalue weighted by Crippen LogP contribution is -1.94. The van der Waals surface area contributed by atoms with Crippen LogP contribution in [0.15, 0.2) is 30.3 Å². The predicted molar refractivity (Wildman–Crippen MR) is 66.2 cm³/mol. The number of ether oxygens (including phenoxy) is 1. The molecule has 0 atom stereocenters. The van der Waals surface area contributed by atoms with E-state index >= 15 is 0 Å². The van der Waals surface area contributed by atoms with Crippen molar-refractivity contribution in [2.24, 2.45) is 0 Å². The molecule has 0 aliphatic heterocycles. The molecule has 1 radical (unpaired) electrons. The molecule has 0 spiro atoms. The van der Waals surface area contributed by atoms with Gasteiger partial charge in [0.15, 0.2) is 11.6 Å². The molecule has 0 aliphatic carbocycles. The van der Waals surface area contributed by atoms with E-state index in [1.807, 2.05) is 0 Å². The van der Waals surface area contributed by atoms with Crippen molar-refractivity contribution in [3.05, 3.63) is 58.9 Å². The van der Waals surface area contributed by atoms with E-state index < -0.39 is 12.2 Å². The summed E-state index contributed by atoms with van der Waals surface area (Å²) in [6.45, 7) is 1.62. The molecular weight excluding hydrogens is 267 g/mol. The number of hydrogen-bond acceptors (Lipinski definition) is 2. The van der Waals surface area contributed by atoms with Crippen LogP contribution in [0.3, 0.4) is 0 Å². The summed E-state index contributed by atoms with van der Waals surface area (Å²) in [5, 5.41) is 8.81. The highest BCUT2D eigenvalue weighted by Crippen LogP contribution is 2.31. The van der Waals surface area contributed by atoms with Crippen LogP contribution in [0.1, 0.15) is 23.1 Å². The highest BCUT2D eigenvalue weighted by atomic mass is 19.3. The van der Waals surface area contributed by atoms with Gasteiger partial charge in [-0.2, -0.15) is 5.26 Å². The second kappa shape index (κ2) is 5.66. The summed E-state index contributed by atoms with van der Waals surface area (Å²) in [5.41, 5.74) is 0.176. The van der Waals surface area contributed by atoms with Crippen LogP contribution >= 0.6 is 0 Å². The van der Waals surface area contributed by atoms with Gasteiger partial charge in [0.2, 0.25) is 0 Å². The van der Waals surface area contributed by atoms with E-state index in [-0.39, 0.29) is 22.6 Å². The summed E-state index contributed by atoms with van der Waals surface area (Å²) in [6.07, 6.45) is -2.74. The van der Waals surface area contributed by atoms with Crippen LogP contribution in [0.4, 0.5) is 13.2 Å². The standard InChI is InChI=1S/C15H9F3NO/c1-9-3-2-4-13(16)14(9)20-12-6-10(8-19)5-11(7-12)15(17)18/h2-3,5-7,15H,1H3. The van der Waals surface area contributed by atoms with Crippen molar-refractivity contribution in [1.29, 1.82) is 5.26 Å². The zero-order chi connectivity index (χ0) is 14.7. The van der Waals surface area contributed by atoms with E-state index in [1.165, 1.54) is 12.1 Å². The van der Waals surface area contributed by atoms with Gasteiger partial charge in [-0.15, -0.1) is 0 Å². The van der Waals surface area contributed by atoms with Crippen molar-refractivity contribution in [2.75, 3.05) is 0 Å². The molecule has 101 valence electrons. The molecule has 2 aromatic carbocycles. The molecule has 0 saturated heterocycles. The van der Waals surface area contributed by atoms with E-state index in [2.05, 4.69) is 6.07 Å². The Bertz CT molecular complexity index is 657. The van der Waals surface area contributed by atoms with Crippen LogP contribution < -0.4 is 4.74 Å². The summed E-state index contributed by atoms with van der Waals surface area (Å²) in [6, 6.07) is 10.5. The Morgan fingerprint density at radius 2 is 2.05 bits per heavy atom. The number of alkyl halides is 2. The lowest BCUT2D eigenvalue weighted by Gasteiger charge is -2.11. The van der Waals surface area contributed by atoms with Gasteiger partial charge < -0.3 is 4.74 Å². The number of aryl methyl sites for hydroxylation is 1. The molecule has 0 aromatic heterocycles. The maximum absolute atomic E-state index is 13.6. The van der Waals surface area contributed by atoms with E-state index in [4.69, 9.17) is 10.00 Å². The Morgan fingerprint density at radius 1 is 1.30 bits per heavy atom. The van der Waals surface area contributed by atoms with Gasteiger partial charge in [-0.1, -0.05) is 12.1 Å². The van der Waals surface area contributed by atoms with E-state index in [1.54, 1.807) is 19.1 Å². The minimum atomic E-state index is -2.74. The molecule has 0 fully saturated rings. The normalized spacial score (nSPS) is 10.4. The Labute approximate surface area is 114 Å². The number of hydrogen-bond donors (Lipinski definition) is 0. The van der Waals surface area contributed by atoms with Gasteiger partial charge >= 0.3 is 0 Å². The van der Waals surface area contributed by atoms with Gasteiger partial charge in [-0.3, -0.25) is 0 Å². The molecular formula is C15H9F3NO. The molecule has 0 amide bonds. The Balaban J connectivity index is 2.44. The van der Waals surface area contributed by atoms with Gasteiger partial charge in [-0.25, -0.2) is 13.2 Å². The smallest absolute Gasteiger partial charge is 0.264 e. The highest BCUT2D eigenvalue weighted by Gasteiger charge is 2.13. The topological polar surface area (TPSA) is 33.0 Å². The summed E-state index contributed by atoms with van der Waals surface area (Å²) in [4.78, 5) is 0. The largest absolute Gasteiger partial charge is 0.454 e. The fraction of sp³-hybridized carbons (Fsp3) is 0.133. The zero-order valence-corrected chi connectivity index (χ0v) is 10.5. The van der Waals surface area contributed by atoms with Crippen LogP contribution in [-0.2, 0) is 0 Å². The first-order valence-electron chi connectivity index (χ1n) is 5.69. The molecule has 2 nitrogen and oxygen atoms in total. The van der Waals surface area contributed by atoms with Crippen LogP contribution in [-0.4, -0.2) is 0 Å². The lowest BCUT2D eigenvalue weighted by atomic mass is 10.1. The predicted octanol–water partition coefficient (Wildman–Crippen LogP) is 4.54. The summed E-state index contributed by atoms with van der Waals surface area (Å²) in [5.74, 6) is -0.824. The van der Waals surface area contributed by atoms with Gasteiger partial charge in [0.05, 0.1) is 11.6 Å². The number of halogens is 3. The third-order valence-electron chi connectivity index (χ3n) is 2.63.